The predicted molar refractivity (Wildman–Crippen MR) is 122 cm³/mol. The Morgan fingerprint density at radius 3 is 2.81 bits per heavy atom. The number of aryl methyl sites for hydroxylation is 2. The maximum Gasteiger partial charge on any atom is 0.336 e. The molecule has 2 aromatic heterocycles. The molecule has 0 radical (unpaired) electrons. The standard InChI is InChI=1S/C24H21N3O3S/c1-15-5-4-7-17(13-15)27-23(29)22-20(11-12-31-22)26(24(27)30)14-21(28)25-19-10-9-16-6-2-3-8-18(16)19/h2-8,11-13,19H,9-10,14H2,1H3,(H,25,28)/t19-/m1/s1. The Morgan fingerprint density at radius 2 is 1.97 bits per heavy atom. The molecule has 31 heavy (non-hydrogen) atoms. The van der Waals surface area contributed by atoms with E-state index in [1.807, 2.05) is 37.3 Å². The first-order chi connectivity index (χ1) is 15.0. The lowest BCUT2D eigenvalue weighted by Crippen LogP contribution is -2.41. The van der Waals surface area contributed by atoms with Gasteiger partial charge in [-0.05, 0) is 60.0 Å². The highest BCUT2D eigenvalue weighted by molar-refractivity contribution is 7.17. The third-order valence-electron chi connectivity index (χ3n) is 5.78. The van der Waals surface area contributed by atoms with Gasteiger partial charge in [-0.1, -0.05) is 36.4 Å². The maximum atomic E-state index is 13.3. The van der Waals surface area contributed by atoms with Crippen LogP contribution in [0, 0.1) is 6.92 Å². The van der Waals surface area contributed by atoms with Crippen molar-refractivity contribution in [3.8, 4) is 5.69 Å². The molecule has 7 heteroatoms. The number of nitrogens with one attached hydrogen (secondary N) is 1. The Morgan fingerprint density at radius 1 is 1.13 bits per heavy atom. The third-order valence-corrected chi connectivity index (χ3v) is 6.68. The van der Waals surface area contributed by atoms with Gasteiger partial charge < -0.3 is 5.32 Å². The molecule has 1 N–H and O–H groups in total. The number of hydrogen-bond donors (Lipinski definition) is 1. The fraction of sp³-hybridized carbons (Fsp3) is 0.208. The summed E-state index contributed by atoms with van der Waals surface area (Å²) in [6, 6.07) is 17.0. The molecule has 1 amide bonds. The first-order valence-electron chi connectivity index (χ1n) is 10.2. The smallest absolute Gasteiger partial charge is 0.336 e. The van der Waals surface area contributed by atoms with Crippen LogP contribution in [0.5, 0.6) is 0 Å². The monoisotopic (exact) mass is 431 g/mol. The summed E-state index contributed by atoms with van der Waals surface area (Å²) in [7, 11) is 0. The quantitative estimate of drug-likeness (QED) is 0.539. The molecule has 5 rings (SSSR count). The molecule has 0 saturated carbocycles. The molecule has 0 spiro atoms. The van der Waals surface area contributed by atoms with Crippen molar-refractivity contribution in [1.29, 1.82) is 0 Å². The van der Waals surface area contributed by atoms with E-state index in [0.717, 1.165) is 28.5 Å². The number of carbonyl (C=O) groups excluding carboxylic acids is 1. The van der Waals surface area contributed by atoms with Gasteiger partial charge in [0.05, 0.1) is 17.2 Å². The minimum absolute atomic E-state index is 0.0555. The summed E-state index contributed by atoms with van der Waals surface area (Å²) >= 11 is 1.28. The van der Waals surface area contributed by atoms with Crippen LogP contribution in [0.4, 0.5) is 0 Å². The van der Waals surface area contributed by atoms with Crippen LogP contribution in [0.25, 0.3) is 15.9 Å². The molecule has 0 aliphatic heterocycles. The van der Waals surface area contributed by atoms with Crippen LogP contribution in [0.15, 0.2) is 69.6 Å². The molecule has 2 aromatic carbocycles. The lowest BCUT2D eigenvalue weighted by atomic mass is 10.1. The highest BCUT2D eigenvalue weighted by Gasteiger charge is 2.24. The molecular weight excluding hydrogens is 410 g/mol. The van der Waals surface area contributed by atoms with Crippen molar-refractivity contribution in [3.63, 3.8) is 0 Å². The molecule has 0 bridgehead atoms. The number of hydrogen-bond acceptors (Lipinski definition) is 4. The second kappa shape index (κ2) is 7.67. The number of carbonyl (C=O) groups is 1. The first-order valence-corrected chi connectivity index (χ1v) is 11.1. The zero-order chi connectivity index (χ0) is 21.5. The average Bonchev–Trinajstić information content (AvgIpc) is 3.39. The number of benzene rings is 2. The fourth-order valence-corrected chi connectivity index (χ4v) is 5.15. The highest BCUT2D eigenvalue weighted by atomic mass is 32.1. The van der Waals surface area contributed by atoms with Gasteiger partial charge in [0.25, 0.3) is 5.56 Å². The second-order valence-corrected chi connectivity index (χ2v) is 8.76. The molecule has 156 valence electrons. The van der Waals surface area contributed by atoms with Crippen molar-refractivity contribution in [2.75, 3.05) is 0 Å². The zero-order valence-corrected chi connectivity index (χ0v) is 17.8. The van der Waals surface area contributed by atoms with Crippen LogP contribution in [-0.4, -0.2) is 15.0 Å². The van der Waals surface area contributed by atoms with Gasteiger partial charge in [-0.2, -0.15) is 0 Å². The number of thiophene rings is 1. The number of aromatic nitrogens is 2. The third kappa shape index (κ3) is 3.41. The van der Waals surface area contributed by atoms with Crippen molar-refractivity contribution in [3.05, 3.63) is 97.5 Å². The Hall–Kier alpha value is -3.45. The summed E-state index contributed by atoms with van der Waals surface area (Å²) in [5.41, 5.74) is 3.45. The normalized spacial score (nSPS) is 15.2. The topological polar surface area (TPSA) is 73.1 Å². The summed E-state index contributed by atoms with van der Waals surface area (Å²) in [4.78, 5) is 39.3. The van der Waals surface area contributed by atoms with Gasteiger partial charge in [-0.3, -0.25) is 14.2 Å². The van der Waals surface area contributed by atoms with Crippen molar-refractivity contribution in [2.45, 2.75) is 32.4 Å². The summed E-state index contributed by atoms with van der Waals surface area (Å²) in [5.74, 6) is -0.245. The number of rotatable bonds is 4. The van der Waals surface area contributed by atoms with Crippen molar-refractivity contribution >= 4 is 27.5 Å². The number of nitrogens with zero attached hydrogens (tertiary/aromatic N) is 2. The Labute approximate surface area is 182 Å². The van der Waals surface area contributed by atoms with E-state index in [0.29, 0.717) is 15.9 Å². The van der Waals surface area contributed by atoms with E-state index in [1.54, 1.807) is 23.6 Å². The molecule has 0 fully saturated rings. The molecule has 0 saturated heterocycles. The molecule has 6 nitrogen and oxygen atoms in total. The van der Waals surface area contributed by atoms with Gasteiger partial charge in [-0.15, -0.1) is 11.3 Å². The van der Waals surface area contributed by atoms with Gasteiger partial charge in [0.2, 0.25) is 5.91 Å². The van der Waals surface area contributed by atoms with Gasteiger partial charge in [-0.25, -0.2) is 9.36 Å². The Balaban J connectivity index is 1.53. The maximum absolute atomic E-state index is 13.3. The van der Waals surface area contributed by atoms with Crippen molar-refractivity contribution in [2.24, 2.45) is 0 Å². The van der Waals surface area contributed by atoms with Crippen LogP contribution in [-0.2, 0) is 17.8 Å². The summed E-state index contributed by atoms with van der Waals surface area (Å²) in [5, 5.41) is 4.84. The number of amides is 1. The van der Waals surface area contributed by atoms with Crippen LogP contribution < -0.4 is 16.6 Å². The molecule has 1 aliphatic rings. The van der Waals surface area contributed by atoms with Crippen molar-refractivity contribution < 1.29 is 4.79 Å². The Kier molecular flexibility index (Phi) is 4.82. The lowest BCUT2D eigenvalue weighted by Gasteiger charge is -2.16. The molecule has 1 atom stereocenters. The van der Waals surface area contributed by atoms with E-state index >= 15 is 0 Å². The first kappa shape index (κ1) is 19.5. The molecule has 0 unspecified atom stereocenters. The minimum atomic E-state index is -0.511. The number of fused-ring (bicyclic) bond motifs is 2. The van der Waals surface area contributed by atoms with E-state index in [2.05, 4.69) is 11.4 Å². The van der Waals surface area contributed by atoms with E-state index < -0.39 is 5.69 Å². The average molecular weight is 432 g/mol. The largest absolute Gasteiger partial charge is 0.348 e. The van der Waals surface area contributed by atoms with Gasteiger partial charge in [0.15, 0.2) is 0 Å². The van der Waals surface area contributed by atoms with Crippen LogP contribution in [0.2, 0.25) is 0 Å². The van der Waals surface area contributed by atoms with Crippen molar-refractivity contribution in [1.82, 2.24) is 14.5 Å². The molecule has 1 aliphatic carbocycles. The summed E-state index contributed by atoms with van der Waals surface area (Å²) in [6.45, 7) is 1.76. The summed E-state index contributed by atoms with van der Waals surface area (Å²) < 4.78 is 3.01. The Bertz CT molecular complexity index is 1430. The van der Waals surface area contributed by atoms with Crippen LogP contribution in [0.1, 0.15) is 29.2 Å². The molecule has 4 aromatic rings. The van der Waals surface area contributed by atoms with E-state index in [9.17, 15) is 14.4 Å². The van der Waals surface area contributed by atoms with Gasteiger partial charge in [0, 0.05) is 0 Å². The van der Waals surface area contributed by atoms with Gasteiger partial charge >= 0.3 is 5.69 Å². The molecule has 2 heterocycles. The van der Waals surface area contributed by atoms with E-state index in [1.165, 1.54) is 21.5 Å². The molecular formula is C24H21N3O3S. The second-order valence-electron chi connectivity index (χ2n) is 7.84. The van der Waals surface area contributed by atoms with E-state index in [4.69, 9.17) is 0 Å². The fourth-order valence-electron chi connectivity index (χ4n) is 4.33. The minimum Gasteiger partial charge on any atom is -0.348 e. The lowest BCUT2D eigenvalue weighted by molar-refractivity contribution is -0.122. The SMILES string of the molecule is Cc1cccc(-n2c(=O)c3sccc3n(CC(=O)N[C@@H]3CCc4ccccc43)c2=O)c1. The van der Waals surface area contributed by atoms with Crippen LogP contribution >= 0.6 is 11.3 Å². The summed E-state index contributed by atoms with van der Waals surface area (Å²) in [6.07, 6.45) is 1.77. The predicted octanol–water partition coefficient (Wildman–Crippen LogP) is 3.33. The highest BCUT2D eigenvalue weighted by Crippen LogP contribution is 2.30. The van der Waals surface area contributed by atoms with Gasteiger partial charge in [0.1, 0.15) is 11.2 Å². The van der Waals surface area contributed by atoms with Crippen LogP contribution in [0.3, 0.4) is 0 Å². The van der Waals surface area contributed by atoms with E-state index in [-0.39, 0.29) is 24.1 Å². The zero-order valence-electron chi connectivity index (χ0n) is 17.0.